The van der Waals surface area contributed by atoms with Crippen molar-refractivity contribution in [2.75, 3.05) is 36.4 Å². The van der Waals surface area contributed by atoms with Gasteiger partial charge in [-0.15, -0.1) is 0 Å². The highest BCUT2D eigenvalue weighted by atomic mass is 35.5. The Morgan fingerprint density at radius 3 is 2.50 bits per heavy atom. The Bertz CT molecular complexity index is 682. The van der Waals surface area contributed by atoms with E-state index >= 15 is 0 Å². The number of para-hydroxylation sites is 2. The highest BCUT2D eigenvalue weighted by Gasteiger charge is 2.21. The van der Waals surface area contributed by atoms with Gasteiger partial charge >= 0.3 is 0 Å². The smallest absolute Gasteiger partial charge is 0.0665 e. The normalized spacial score (nSPS) is 12.8. The van der Waals surface area contributed by atoms with E-state index in [1.165, 1.54) is 24.3 Å². The van der Waals surface area contributed by atoms with E-state index in [9.17, 15) is 0 Å². The molecule has 24 heavy (non-hydrogen) atoms. The first-order valence-corrected chi connectivity index (χ1v) is 9.26. The highest BCUT2D eigenvalue weighted by Crippen LogP contribution is 2.44. The molecule has 128 valence electrons. The zero-order chi connectivity index (χ0) is 16.9. The minimum Gasteiger partial charge on any atom is -0.352 e. The van der Waals surface area contributed by atoms with Crippen molar-refractivity contribution in [2.45, 2.75) is 26.7 Å². The van der Waals surface area contributed by atoms with Crippen LogP contribution in [0.3, 0.4) is 0 Å². The zero-order valence-electron chi connectivity index (χ0n) is 14.6. The van der Waals surface area contributed by atoms with Crippen LogP contribution < -0.4 is 10.2 Å². The van der Waals surface area contributed by atoms with Gasteiger partial charge in [0.2, 0.25) is 0 Å². The molecule has 2 aromatic carbocycles. The summed E-state index contributed by atoms with van der Waals surface area (Å²) < 4.78 is 0. The summed E-state index contributed by atoms with van der Waals surface area (Å²) in [7, 11) is 0. The lowest BCUT2D eigenvalue weighted by molar-refractivity contribution is 0.297. The van der Waals surface area contributed by atoms with E-state index in [4.69, 9.17) is 11.6 Å². The van der Waals surface area contributed by atoms with Gasteiger partial charge in [0.15, 0.2) is 0 Å². The van der Waals surface area contributed by atoms with Gasteiger partial charge in [0, 0.05) is 11.6 Å². The summed E-state index contributed by atoms with van der Waals surface area (Å²) in [5.74, 6) is 0. The fraction of sp³-hybridized carbons (Fsp3) is 0.400. The van der Waals surface area contributed by atoms with E-state index in [1.54, 1.807) is 0 Å². The quantitative estimate of drug-likeness (QED) is 0.654. The first kappa shape index (κ1) is 17.1. The number of hydrogen-bond donors (Lipinski definition) is 1. The Morgan fingerprint density at radius 2 is 1.71 bits per heavy atom. The number of halogens is 1. The average molecular weight is 344 g/mol. The van der Waals surface area contributed by atoms with Gasteiger partial charge in [0.05, 0.1) is 22.7 Å². The van der Waals surface area contributed by atoms with Crippen LogP contribution in [-0.2, 0) is 0 Å². The minimum absolute atomic E-state index is 0.781. The van der Waals surface area contributed by atoms with E-state index in [0.29, 0.717) is 0 Å². The summed E-state index contributed by atoms with van der Waals surface area (Å²) >= 11 is 6.25. The van der Waals surface area contributed by atoms with E-state index in [-0.39, 0.29) is 0 Å². The molecule has 1 heterocycles. The van der Waals surface area contributed by atoms with Crippen molar-refractivity contribution in [3.8, 4) is 0 Å². The van der Waals surface area contributed by atoms with Crippen LogP contribution in [0.4, 0.5) is 22.7 Å². The van der Waals surface area contributed by atoms with Crippen molar-refractivity contribution in [3.05, 3.63) is 47.5 Å². The van der Waals surface area contributed by atoms with Crippen LogP contribution in [0.2, 0.25) is 5.02 Å². The maximum Gasteiger partial charge on any atom is 0.0665 e. The van der Waals surface area contributed by atoms with Gasteiger partial charge < -0.3 is 15.1 Å². The second-order valence-corrected chi connectivity index (χ2v) is 6.63. The van der Waals surface area contributed by atoms with E-state index in [0.717, 1.165) is 42.5 Å². The molecule has 1 aliphatic rings. The van der Waals surface area contributed by atoms with Crippen molar-refractivity contribution in [2.24, 2.45) is 0 Å². The number of anilines is 4. The summed E-state index contributed by atoms with van der Waals surface area (Å²) in [4.78, 5) is 4.88. The van der Waals surface area contributed by atoms with Crippen LogP contribution in [0.5, 0.6) is 0 Å². The van der Waals surface area contributed by atoms with E-state index in [2.05, 4.69) is 65.4 Å². The SMILES string of the molecule is CCN(CC)CCCCN1c2ccccc2Nc2ccc(Cl)cc21. The van der Waals surface area contributed by atoms with Crippen LogP contribution in [0.1, 0.15) is 26.7 Å². The summed E-state index contributed by atoms with van der Waals surface area (Å²) in [5.41, 5.74) is 4.69. The summed E-state index contributed by atoms with van der Waals surface area (Å²) in [6, 6.07) is 14.6. The van der Waals surface area contributed by atoms with Gasteiger partial charge in [-0.25, -0.2) is 0 Å². The van der Waals surface area contributed by atoms with Crippen molar-refractivity contribution < 1.29 is 0 Å². The number of rotatable bonds is 7. The third-order valence-corrected chi connectivity index (χ3v) is 4.95. The topological polar surface area (TPSA) is 18.5 Å². The Hall–Kier alpha value is -1.71. The molecule has 0 saturated heterocycles. The van der Waals surface area contributed by atoms with Gasteiger partial charge in [-0.05, 0) is 62.8 Å². The molecule has 1 aliphatic heterocycles. The molecule has 0 fully saturated rings. The fourth-order valence-corrected chi connectivity index (χ4v) is 3.48. The van der Waals surface area contributed by atoms with Crippen LogP contribution in [0.15, 0.2) is 42.5 Å². The number of unbranched alkanes of at least 4 members (excludes halogenated alkanes) is 1. The molecule has 0 atom stereocenters. The number of fused-ring (bicyclic) bond motifs is 2. The van der Waals surface area contributed by atoms with E-state index < -0.39 is 0 Å². The van der Waals surface area contributed by atoms with Gasteiger partial charge in [-0.3, -0.25) is 0 Å². The summed E-state index contributed by atoms with van der Waals surface area (Å²) in [6.45, 7) is 8.90. The minimum atomic E-state index is 0.781. The Kier molecular flexibility index (Phi) is 5.64. The summed E-state index contributed by atoms with van der Waals surface area (Å²) in [5, 5.41) is 4.30. The lowest BCUT2D eigenvalue weighted by atomic mass is 10.1. The maximum atomic E-state index is 6.25. The number of benzene rings is 2. The fourth-order valence-electron chi connectivity index (χ4n) is 3.31. The van der Waals surface area contributed by atoms with Gasteiger partial charge in [0.25, 0.3) is 0 Å². The molecule has 0 radical (unpaired) electrons. The predicted molar refractivity (Wildman–Crippen MR) is 105 cm³/mol. The average Bonchev–Trinajstić information content (AvgIpc) is 2.61. The third-order valence-electron chi connectivity index (χ3n) is 4.72. The van der Waals surface area contributed by atoms with Crippen LogP contribution in [-0.4, -0.2) is 31.1 Å². The van der Waals surface area contributed by atoms with Crippen molar-refractivity contribution in [1.29, 1.82) is 0 Å². The third kappa shape index (κ3) is 3.68. The Morgan fingerprint density at radius 1 is 0.958 bits per heavy atom. The molecule has 3 rings (SSSR count). The summed E-state index contributed by atoms with van der Waals surface area (Å²) in [6.07, 6.45) is 2.38. The lowest BCUT2D eigenvalue weighted by Gasteiger charge is -2.34. The molecule has 0 saturated carbocycles. The van der Waals surface area contributed by atoms with Crippen molar-refractivity contribution in [3.63, 3.8) is 0 Å². The van der Waals surface area contributed by atoms with Gasteiger partial charge in [-0.1, -0.05) is 37.6 Å². The molecule has 2 aromatic rings. The van der Waals surface area contributed by atoms with Crippen LogP contribution >= 0.6 is 11.6 Å². The molecule has 1 N–H and O–H groups in total. The predicted octanol–water partition coefficient (Wildman–Crippen LogP) is 5.66. The molecule has 4 heteroatoms. The molecule has 0 aromatic heterocycles. The second kappa shape index (κ2) is 7.91. The monoisotopic (exact) mass is 343 g/mol. The van der Waals surface area contributed by atoms with Crippen molar-refractivity contribution >= 4 is 34.4 Å². The zero-order valence-corrected chi connectivity index (χ0v) is 15.3. The molecule has 0 bridgehead atoms. The number of nitrogens with one attached hydrogen (secondary N) is 1. The molecule has 3 nitrogen and oxygen atoms in total. The van der Waals surface area contributed by atoms with Crippen LogP contribution in [0.25, 0.3) is 0 Å². The Labute approximate surface area is 150 Å². The lowest BCUT2D eigenvalue weighted by Crippen LogP contribution is -2.26. The van der Waals surface area contributed by atoms with Crippen molar-refractivity contribution in [1.82, 2.24) is 4.90 Å². The highest BCUT2D eigenvalue weighted by molar-refractivity contribution is 6.31. The van der Waals surface area contributed by atoms with Gasteiger partial charge in [0.1, 0.15) is 0 Å². The maximum absolute atomic E-state index is 6.25. The Balaban J connectivity index is 1.75. The molecule has 0 spiro atoms. The first-order chi connectivity index (χ1) is 11.7. The number of nitrogens with zero attached hydrogens (tertiary/aromatic N) is 2. The molecule has 0 unspecified atom stereocenters. The largest absolute Gasteiger partial charge is 0.352 e. The van der Waals surface area contributed by atoms with Crippen LogP contribution in [0, 0.1) is 0 Å². The standard InChI is InChI=1S/C20H26ClN3/c1-3-23(4-2)13-7-8-14-24-19-10-6-5-9-17(19)22-18-12-11-16(21)15-20(18)24/h5-6,9-12,15,22H,3-4,7-8,13-14H2,1-2H3. The molecule has 0 amide bonds. The van der Waals surface area contributed by atoms with E-state index in [1.807, 2.05) is 6.07 Å². The van der Waals surface area contributed by atoms with Gasteiger partial charge in [-0.2, -0.15) is 0 Å². The molecular weight excluding hydrogens is 318 g/mol. The number of hydrogen-bond acceptors (Lipinski definition) is 3. The second-order valence-electron chi connectivity index (χ2n) is 6.19. The molecule has 0 aliphatic carbocycles. The molecular formula is C20H26ClN3. The first-order valence-electron chi connectivity index (χ1n) is 8.88.